The fourth-order valence-electron chi connectivity index (χ4n) is 3.51. The second kappa shape index (κ2) is 9.45. The third-order valence-corrected chi connectivity index (χ3v) is 7.13. The number of hydrogen-bond acceptors (Lipinski definition) is 4. The van der Waals surface area contributed by atoms with Gasteiger partial charge >= 0.3 is 0 Å². The van der Waals surface area contributed by atoms with Crippen LogP contribution in [0.5, 0.6) is 0 Å². The lowest BCUT2D eigenvalue weighted by molar-refractivity contribution is -0.121. The van der Waals surface area contributed by atoms with Crippen molar-refractivity contribution >= 4 is 26.6 Å². The Morgan fingerprint density at radius 3 is 2.37 bits per heavy atom. The van der Waals surface area contributed by atoms with Crippen LogP contribution in [0.25, 0.3) is 10.9 Å². The van der Waals surface area contributed by atoms with Crippen LogP contribution in [-0.4, -0.2) is 50.0 Å². The Labute approximate surface area is 178 Å². The number of fused-ring (bicyclic) bond motifs is 1. The predicted molar refractivity (Wildman–Crippen MR) is 119 cm³/mol. The van der Waals surface area contributed by atoms with E-state index in [0.29, 0.717) is 11.9 Å². The lowest BCUT2D eigenvalue weighted by Crippen LogP contribution is -2.36. The van der Waals surface area contributed by atoms with Gasteiger partial charge < -0.3 is 14.8 Å². The minimum Gasteiger partial charge on any atom is -0.353 e. The summed E-state index contributed by atoms with van der Waals surface area (Å²) in [5.41, 5.74) is 1.72. The second-order valence-corrected chi connectivity index (χ2v) is 9.25. The zero-order chi connectivity index (χ0) is 21.7. The zero-order valence-electron chi connectivity index (χ0n) is 17.8. The number of nitrogens with zero attached hydrogens (tertiary/aromatic N) is 2. The van der Waals surface area contributed by atoms with Gasteiger partial charge in [0.2, 0.25) is 15.7 Å². The molecule has 0 saturated heterocycles. The van der Waals surface area contributed by atoms with E-state index < -0.39 is 9.84 Å². The molecule has 0 aliphatic heterocycles. The van der Waals surface area contributed by atoms with E-state index in [-0.39, 0.29) is 22.2 Å². The maximum absolute atomic E-state index is 13.3. The smallest absolute Gasteiger partial charge is 0.239 e. The van der Waals surface area contributed by atoms with Crippen molar-refractivity contribution in [2.24, 2.45) is 0 Å². The molecule has 0 radical (unpaired) electrons. The minimum absolute atomic E-state index is 0.0716. The first kappa shape index (κ1) is 22.1. The third kappa shape index (κ3) is 4.74. The number of para-hydroxylation sites is 1. The average molecular weight is 428 g/mol. The molecule has 3 aromatic rings. The van der Waals surface area contributed by atoms with Gasteiger partial charge in [0.25, 0.3) is 0 Å². The monoisotopic (exact) mass is 427 g/mol. The van der Waals surface area contributed by atoms with Crippen LogP contribution >= 0.6 is 0 Å². The lowest BCUT2D eigenvalue weighted by Gasteiger charge is -2.18. The molecule has 0 aliphatic rings. The molecule has 1 heterocycles. The Kier molecular flexibility index (Phi) is 6.95. The molecule has 2 aromatic carbocycles. The van der Waals surface area contributed by atoms with Crippen LogP contribution in [0.15, 0.2) is 64.5 Å². The highest BCUT2D eigenvalue weighted by Gasteiger charge is 2.23. The number of carbonyl (C=O) groups is 1. The number of aryl methyl sites for hydroxylation is 1. The first-order valence-electron chi connectivity index (χ1n) is 10.3. The SMILES string of the molecule is CCN(CC)CCNC(=O)Cn1cc(S(=O)(=O)c2ccc(C)cc2)c2ccccc21. The normalized spacial score (nSPS) is 11.9. The van der Waals surface area contributed by atoms with Crippen molar-refractivity contribution in [3.8, 4) is 0 Å². The zero-order valence-corrected chi connectivity index (χ0v) is 18.6. The molecule has 7 heteroatoms. The number of sulfone groups is 1. The van der Waals surface area contributed by atoms with Crippen LogP contribution in [0.4, 0.5) is 0 Å². The van der Waals surface area contributed by atoms with Gasteiger partial charge in [-0.1, -0.05) is 49.7 Å². The van der Waals surface area contributed by atoms with Crippen molar-refractivity contribution in [2.75, 3.05) is 26.2 Å². The molecule has 1 amide bonds. The van der Waals surface area contributed by atoms with E-state index in [1.807, 2.05) is 25.1 Å². The van der Waals surface area contributed by atoms with Crippen molar-refractivity contribution in [3.05, 3.63) is 60.3 Å². The lowest BCUT2D eigenvalue weighted by atomic mass is 10.2. The molecule has 30 heavy (non-hydrogen) atoms. The van der Waals surface area contributed by atoms with Crippen LogP contribution < -0.4 is 5.32 Å². The molecule has 0 bridgehead atoms. The highest BCUT2D eigenvalue weighted by Crippen LogP contribution is 2.30. The van der Waals surface area contributed by atoms with E-state index in [0.717, 1.165) is 30.7 Å². The summed E-state index contributed by atoms with van der Waals surface area (Å²) >= 11 is 0. The minimum atomic E-state index is -3.69. The fourth-order valence-corrected chi connectivity index (χ4v) is 4.98. The quantitative estimate of drug-likeness (QED) is 0.569. The first-order valence-corrected chi connectivity index (χ1v) is 11.7. The van der Waals surface area contributed by atoms with Crippen molar-refractivity contribution in [1.82, 2.24) is 14.8 Å². The Morgan fingerprint density at radius 1 is 1.03 bits per heavy atom. The van der Waals surface area contributed by atoms with E-state index in [2.05, 4.69) is 24.1 Å². The van der Waals surface area contributed by atoms with Crippen LogP contribution in [0.1, 0.15) is 19.4 Å². The van der Waals surface area contributed by atoms with Gasteiger partial charge in [0.1, 0.15) is 6.54 Å². The van der Waals surface area contributed by atoms with Crippen molar-refractivity contribution < 1.29 is 13.2 Å². The van der Waals surface area contributed by atoms with E-state index in [4.69, 9.17) is 0 Å². The summed E-state index contributed by atoms with van der Waals surface area (Å²) in [4.78, 5) is 15.2. The molecule has 0 aliphatic carbocycles. The molecule has 160 valence electrons. The van der Waals surface area contributed by atoms with E-state index in [1.165, 1.54) is 0 Å². The Balaban J connectivity index is 1.85. The molecule has 3 rings (SSSR count). The second-order valence-electron chi connectivity index (χ2n) is 7.33. The number of nitrogens with one attached hydrogen (secondary N) is 1. The summed E-state index contributed by atoms with van der Waals surface area (Å²) in [6.45, 7) is 9.40. The number of likely N-dealkylation sites (N-methyl/N-ethyl adjacent to an activating group) is 1. The molecule has 0 saturated carbocycles. The highest BCUT2D eigenvalue weighted by atomic mass is 32.2. The van der Waals surface area contributed by atoms with Crippen LogP contribution in [0.2, 0.25) is 0 Å². The summed E-state index contributed by atoms with van der Waals surface area (Å²) in [6.07, 6.45) is 1.57. The summed E-state index contributed by atoms with van der Waals surface area (Å²) in [5, 5.41) is 3.55. The van der Waals surface area contributed by atoms with Gasteiger partial charge in [-0.05, 0) is 38.2 Å². The third-order valence-electron chi connectivity index (χ3n) is 5.33. The van der Waals surface area contributed by atoms with Crippen LogP contribution in [-0.2, 0) is 21.2 Å². The average Bonchev–Trinajstić information content (AvgIpc) is 3.11. The van der Waals surface area contributed by atoms with E-state index in [1.54, 1.807) is 41.1 Å². The van der Waals surface area contributed by atoms with Crippen molar-refractivity contribution in [2.45, 2.75) is 37.1 Å². The Hall–Kier alpha value is -2.64. The maximum atomic E-state index is 13.3. The maximum Gasteiger partial charge on any atom is 0.239 e. The van der Waals surface area contributed by atoms with Gasteiger partial charge in [-0.3, -0.25) is 4.79 Å². The Morgan fingerprint density at radius 2 is 1.70 bits per heavy atom. The van der Waals surface area contributed by atoms with Crippen LogP contribution in [0, 0.1) is 6.92 Å². The Bertz CT molecular complexity index is 1110. The molecule has 0 unspecified atom stereocenters. The predicted octanol–water partition coefficient (Wildman–Crippen LogP) is 3.24. The van der Waals surface area contributed by atoms with Crippen LogP contribution in [0.3, 0.4) is 0 Å². The number of rotatable bonds is 9. The van der Waals surface area contributed by atoms with E-state index in [9.17, 15) is 13.2 Å². The van der Waals surface area contributed by atoms with Gasteiger partial charge in [-0.25, -0.2) is 8.42 Å². The van der Waals surface area contributed by atoms with Gasteiger partial charge in [0.15, 0.2) is 0 Å². The topological polar surface area (TPSA) is 71.4 Å². The summed E-state index contributed by atoms with van der Waals surface area (Å²) in [7, 11) is -3.69. The summed E-state index contributed by atoms with van der Waals surface area (Å²) < 4.78 is 28.2. The van der Waals surface area contributed by atoms with Gasteiger partial charge in [-0.15, -0.1) is 0 Å². The molecule has 1 aromatic heterocycles. The van der Waals surface area contributed by atoms with E-state index >= 15 is 0 Å². The summed E-state index contributed by atoms with van der Waals surface area (Å²) in [5.74, 6) is -0.137. The molecular weight excluding hydrogens is 398 g/mol. The fraction of sp³-hybridized carbons (Fsp3) is 0.348. The molecule has 0 spiro atoms. The van der Waals surface area contributed by atoms with Gasteiger partial charge in [0, 0.05) is 30.2 Å². The molecule has 0 fully saturated rings. The van der Waals surface area contributed by atoms with Crippen molar-refractivity contribution in [1.29, 1.82) is 0 Å². The summed E-state index contributed by atoms with van der Waals surface area (Å²) in [6, 6.07) is 14.1. The first-order chi connectivity index (χ1) is 14.4. The molecule has 1 N–H and O–H groups in total. The highest BCUT2D eigenvalue weighted by molar-refractivity contribution is 7.91. The molecular formula is C23H29N3O3S. The number of carbonyl (C=O) groups excluding carboxylic acids is 1. The molecule has 0 atom stereocenters. The number of amides is 1. The van der Waals surface area contributed by atoms with Gasteiger partial charge in [-0.2, -0.15) is 0 Å². The molecule has 6 nitrogen and oxygen atoms in total. The van der Waals surface area contributed by atoms with Gasteiger partial charge in [0.05, 0.1) is 9.79 Å². The number of hydrogen-bond donors (Lipinski definition) is 1. The number of aromatic nitrogens is 1. The van der Waals surface area contributed by atoms with Crippen molar-refractivity contribution in [3.63, 3.8) is 0 Å². The number of benzene rings is 2. The largest absolute Gasteiger partial charge is 0.353 e. The standard InChI is InChI=1S/C23H29N3O3S/c1-4-25(5-2)15-14-24-23(27)17-26-16-22(20-8-6-7-9-21(20)26)30(28,29)19-12-10-18(3)11-13-19/h6-13,16H,4-5,14-15,17H2,1-3H3,(H,24,27).